The number of nitrogens with zero attached hydrogens (tertiary/aromatic N) is 1. The van der Waals surface area contributed by atoms with Crippen molar-refractivity contribution in [1.29, 1.82) is 0 Å². The Balaban J connectivity index is 3.35. The van der Waals surface area contributed by atoms with E-state index in [4.69, 9.17) is 0 Å². The first-order chi connectivity index (χ1) is 10.7. The van der Waals surface area contributed by atoms with E-state index in [0.29, 0.717) is 0 Å². The van der Waals surface area contributed by atoms with E-state index in [1.807, 2.05) is 0 Å². The fraction of sp³-hybridized carbons (Fsp3) is 1.00. The van der Waals surface area contributed by atoms with Gasteiger partial charge in [-0.05, 0) is 32.4 Å². The van der Waals surface area contributed by atoms with E-state index in [1.54, 1.807) is 0 Å². The average molecular weight is 312 g/mol. The summed E-state index contributed by atoms with van der Waals surface area (Å²) in [6.45, 7) is 9.57. The Kier molecular flexibility index (Phi) is 17.3. The summed E-state index contributed by atoms with van der Waals surface area (Å²) in [5.41, 5.74) is 0. The predicted molar refractivity (Wildman–Crippen MR) is 103 cm³/mol. The van der Waals surface area contributed by atoms with Gasteiger partial charge in [-0.1, -0.05) is 97.8 Å². The van der Waals surface area contributed by atoms with Crippen molar-refractivity contribution in [2.24, 2.45) is 5.92 Å². The molecule has 0 aliphatic carbocycles. The minimum atomic E-state index is 0.924. The highest BCUT2D eigenvalue weighted by Gasteiger charge is 2.08. The van der Waals surface area contributed by atoms with Gasteiger partial charge in [0.25, 0.3) is 0 Å². The zero-order chi connectivity index (χ0) is 16.5. The van der Waals surface area contributed by atoms with Crippen molar-refractivity contribution in [3.8, 4) is 0 Å². The lowest BCUT2D eigenvalue weighted by atomic mass is 9.99. The maximum atomic E-state index is 2.58. The molecule has 0 aliphatic rings. The van der Waals surface area contributed by atoms with E-state index in [2.05, 4.69) is 32.7 Å². The van der Waals surface area contributed by atoms with Gasteiger partial charge in [0.15, 0.2) is 0 Å². The van der Waals surface area contributed by atoms with Crippen LogP contribution in [0.4, 0.5) is 0 Å². The Hall–Kier alpha value is -0.0400. The van der Waals surface area contributed by atoms with Gasteiger partial charge in [-0.15, -0.1) is 0 Å². The Morgan fingerprint density at radius 2 is 1.14 bits per heavy atom. The molecule has 1 atom stereocenters. The Morgan fingerprint density at radius 3 is 1.64 bits per heavy atom. The lowest BCUT2D eigenvalue weighted by molar-refractivity contribution is 0.254. The van der Waals surface area contributed by atoms with Gasteiger partial charge in [-0.3, -0.25) is 0 Å². The van der Waals surface area contributed by atoms with E-state index in [1.165, 1.54) is 103 Å². The van der Waals surface area contributed by atoms with Crippen LogP contribution in [0.15, 0.2) is 0 Å². The summed E-state index contributed by atoms with van der Waals surface area (Å²) in [7, 11) is 2.32. The molecule has 22 heavy (non-hydrogen) atoms. The highest BCUT2D eigenvalue weighted by Crippen LogP contribution is 2.14. The van der Waals surface area contributed by atoms with Crippen LogP contribution in [-0.4, -0.2) is 25.0 Å². The quantitative estimate of drug-likeness (QED) is 0.260. The minimum absolute atomic E-state index is 0.924. The molecule has 1 nitrogen and oxygen atoms in total. The number of hydrogen-bond acceptors (Lipinski definition) is 1. The number of rotatable bonds is 17. The van der Waals surface area contributed by atoms with E-state index in [-0.39, 0.29) is 0 Å². The summed E-state index contributed by atoms with van der Waals surface area (Å²) < 4.78 is 0. The molecule has 0 radical (unpaired) electrons. The fourth-order valence-electron chi connectivity index (χ4n) is 3.32. The van der Waals surface area contributed by atoms with Crippen LogP contribution in [0.1, 0.15) is 111 Å². The van der Waals surface area contributed by atoms with Gasteiger partial charge in [-0.25, -0.2) is 0 Å². The Labute approximate surface area is 142 Å². The largest absolute Gasteiger partial charge is 0.306 e. The van der Waals surface area contributed by atoms with Crippen molar-refractivity contribution in [1.82, 2.24) is 4.90 Å². The molecule has 0 saturated carbocycles. The Bertz CT molecular complexity index is 202. The Morgan fingerprint density at radius 1 is 0.636 bits per heavy atom. The molecule has 0 saturated heterocycles. The minimum Gasteiger partial charge on any atom is -0.306 e. The first kappa shape index (κ1) is 22.0. The molecule has 0 spiro atoms. The second kappa shape index (κ2) is 17.3. The van der Waals surface area contributed by atoms with Crippen LogP contribution in [0.25, 0.3) is 0 Å². The lowest BCUT2D eigenvalue weighted by Crippen LogP contribution is -2.26. The van der Waals surface area contributed by atoms with Crippen LogP contribution in [0.5, 0.6) is 0 Å². The molecular formula is C21H45N. The first-order valence-electron chi connectivity index (χ1n) is 10.4. The van der Waals surface area contributed by atoms with Gasteiger partial charge in [0.2, 0.25) is 0 Å². The van der Waals surface area contributed by atoms with Crippen LogP contribution in [0.2, 0.25) is 0 Å². The van der Waals surface area contributed by atoms with Gasteiger partial charge in [-0.2, -0.15) is 0 Å². The third kappa shape index (κ3) is 14.9. The molecule has 0 bridgehead atoms. The highest BCUT2D eigenvalue weighted by atomic mass is 15.1. The third-order valence-corrected chi connectivity index (χ3v) is 5.01. The van der Waals surface area contributed by atoms with Crippen molar-refractivity contribution < 1.29 is 0 Å². The van der Waals surface area contributed by atoms with Crippen LogP contribution in [-0.2, 0) is 0 Å². The van der Waals surface area contributed by atoms with Gasteiger partial charge >= 0.3 is 0 Å². The first-order valence-corrected chi connectivity index (χ1v) is 10.4. The van der Waals surface area contributed by atoms with Crippen LogP contribution in [0, 0.1) is 5.92 Å². The zero-order valence-corrected chi connectivity index (χ0v) is 16.3. The van der Waals surface area contributed by atoms with Crippen LogP contribution in [0.3, 0.4) is 0 Å². The zero-order valence-electron chi connectivity index (χ0n) is 16.3. The normalized spacial score (nSPS) is 13.0. The summed E-state index contributed by atoms with van der Waals surface area (Å²) in [4.78, 5) is 2.58. The molecule has 1 heteroatoms. The number of hydrogen-bond donors (Lipinski definition) is 0. The smallest absolute Gasteiger partial charge is 0.000650 e. The maximum Gasteiger partial charge on any atom is 0.000650 e. The topological polar surface area (TPSA) is 3.24 Å². The van der Waals surface area contributed by atoms with Gasteiger partial charge in [0.05, 0.1) is 0 Å². The maximum absolute atomic E-state index is 2.58. The van der Waals surface area contributed by atoms with Crippen molar-refractivity contribution in [2.45, 2.75) is 111 Å². The van der Waals surface area contributed by atoms with E-state index in [0.717, 1.165) is 5.92 Å². The van der Waals surface area contributed by atoms with Crippen molar-refractivity contribution in [3.63, 3.8) is 0 Å². The summed E-state index contributed by atoms with van der Waals surface area (Å²) in [5, 5.41) is 0. The molecule has 0 aromatic heterocycles. The van der Waals surface area contributed by atoms with E-state index < -0.39 is 0 Å². The average Bonchev–Trinajstić information content (AvgIpc) is 2.53. The highest BCUT2D eigenvalue weighted by molar-refractivity contribution is 4.63. The summed E-state index contributed by atoms with van der Waals surface area (Å²) in [6.07, 6.45) is 19.9. The molecule has 134 valence electrons. The second-order valence-corrected chi connectivity index (χ2v) is 7.36. The molecular weight excluding hydrogens is 266 g/mol. The summed E-state index contributed by atoms with van der Waals surface area (Å²) >= 11 is 0. The van der Waals surface area contributed by atoms with Crippen molar-refractivity contribution in [2.75, 3.05) is 20.1 Å². The SMILES string of the molecule is CCCCCCCCCCCCN(C)CC(CC)CCCC. The fourth-order valence-corrected chi connectivity index (χ4v) is 3.32. The number of unbranched alkanes of at least 4 members (excludes halogenated alkanes) is 10. The molecule has 0 N–H and O–H groups in total. The summed E-state index contributed by atoms with van der Waals surface area (Å²) in [5.74, 6) is 0.924. The van der Waals surface area contributed by atoms with E-state index in [9.17, 15) is 0 Å². The second-order valence-electron chi connectivity index (χ2n) is 7.36. The van der Waals surface area contributed by atoms with Gasteiger partial charge in [0, 0.05) is 6.54 Å². The molecule has 0 heterocycles. The predicted octanol–water partition coefficient (Wildman–Crippen LogP) is 7.06. The van der Waals surface area contributed by atoms with Crippen LogP contribution < -0.4 is 0 Å². The molecule has 0 rings (SSSR count). The van der Waals surface area contributed by atoms with Gasteiger partial charge in [0.1, 0.15) is 0 Å². The lowest BCUT2D eigenvalue weighted by Gasteiger charge is -2.23. The molecule has 0 aliphatic heterocycles. The molecule has 0 amide bonds. The molecule has 0 fully saturated rings. The monoisotopic (exact) mass is 311 g/mol. The van der Waals surface area contributed by atoms with Gasteiger partial charge < -0.3 is 4.90 Å². The van der Waals surface area contributed by atoms with Crippen molar-refractivity contribution >= 4 is 0 Å². The van der Waals surface area contributed by atoms with Crippen molar-refractivity contribution in [3.05, 3.63) is 0 Å². The molecule has 0 aromatic rings. The van der Waals surface area contributed by atoms with E-state index >= 15 is 0 Å². The molecule has 1 unspecified atom stereocenters. The third-order valence-electron chi connectivity index (χ3n) is 5.01. The summed E-state index contributed by atoms with van der Waals surface area (Å²) in [6, 6.07) is 0. The molecule has 0 aromatic carbocycles. The van der Waals surface area contributed by atoms with Crippen LogP contribution >= 0.6 is 0 Å². The standard InChI is InChI=1S/C21H45N/c1-5-8-10-11-12-13-14-15-16-17-19-22(4)20-21(7-3)18-9-6-2/h21H,5-20H2,1-4H3.